The molecule has 0 radical (unpaired) electrons. The lowest BCUT2D eigenvalue weighted by atomic mass is 10.2. The van der Waals surface area contributed by atoms with Gasteiger partial charge in [-0.1, -0.05) is 19.8 Å². The van der Waals surface area contributed by atoms with Crippen LogP contribution in [0.3, 0.4) is 0 Å². The first kappa shape index (κ1) is 16.1. The van der Waals surface area contributed by atoms with E-state index in [1.54, 1.807) is 0 Å². The first-order valence-corrected chi connectivity index (χ1v) is 8.90. The van der Waals surface area contributed by atoms with Crippen molar-refractivity contribution in [3.63, 3.8) is 0 Å². The summed E-state index contributed by atoms with van der Waals surface area (Å²) in [7, 11) is -2.04. The van der Waals surface area contributed by atoms with Gasteiger partial charge in [-0.05, 0) is 54.1 Å². The van der Waals surface area contributed by atoms with Gasteiger partial charge in [-0.25, -0.2) is 0 Å². The van der Waals surface area contributed by atoms with Crippen molar-refractivity contribution in [3.05, 3.63) is 0 Å². The van der Waals surface area contributed by atoms with Crippen LogP contribution in [-0.2, 0) is 8.85 Å². The third kappa shape index (κ3) is 8.31. The Balaban J connectivity index is 4.61. The Morgan fingerprint density at radius 1 is 0.875 bits per heavy atom. The second-order valence-electron chi connectivity index (χ2n) is 6.67. The Morgan fingerprint density at radius 2 is 1.25 bits per heavy atom. The van der Waals surface area contributed by atoms with Crippen molar-refractivity contribution in [2.45, 2.75) is 85.1 Å². The Kier molecular flexibility index (Phi) is 5.70. The van der Waals surface area contributed by atoms with E-state index in [4.69, 9.17) is 8.85 Å². The molecule has 0 heterocycles. The third-order valence-corrected chi connectivity index (χ3v) is 5.38. The molecule has 0 aromatic rings. The summed E-state index contributed by atoms with van der Waals surface area (Å²) in [4.78, 5) is 0. The number of rotatable bonds is 5. The fourth-order valence-corrected chi connectivity index (χ4v) is 5.75. The van der Waals surface area contributed by atoms with E-state index in [1.807, 2.05) is 0 Å². The molecule has 0 aliphatic rings. The van der Waals surface area contributed by atoms with Crippen LogP contribution in [0.4, 0.5) is 0 Å². The maximum absolute atomic E-state index is 6.22. The lowest BCUT2D eigenvalue weighted by Gasteiger charge is -2.39. The summed E-state index contributed by atoms with van der Waals surface area (Å²) in [6.07, 6.45) is 2.39. The van der Waals surface area contributed by atoms with Crippen LogP contribution in [0.15, 0.2) is 0 Å². The molecule has 0 atom stereocenters. The van der Waals surface area contributed by atoms with E-state index in [9.17, 15) is 0 Å². The number of hydrogen-bond donors (Lipinski definition) is 0. The third-order valence-electron chi connectivity index (χ3n) is 2.03. The molecule has 0 amide bonds. The van der Waals surface area contributed by atoms with E-state index < -0.39 is 8.56 Å². The van der Waals surface area contributed by atoms with Crippen molar-refractivity contribution < 1.29 is 8.85 Å². The van der Waals surface area contributed by atoms with Crippen molar-refractivity contribution in [1.82, 2.24) is 0 Å². The van der Waals surface area contributed by atoms with Gasteiger partial charge in [0.15, 0.2) is 0 Å². The van der Waals surface area contributed by atoms with Gasteiger partial charge in [0.2, 0.25) is 0 Å². The molecule has 0 saturated carbocycles. The van der Waals surface area contributed by atoms with E-state index in [2.05, 4.69) is 55.0 Å². The molecule has 0 unspecified atom stereocenters. The molecule has 0 aromatic heterocycles. The fraction of sp³-hybridized carbons (Fsp3) is 1.00. The van der Waals surface area contributed by atoms with Crippen LogP contribution in [0, 0.1) is 0 Å². The zero-order valence-corrected chi connectivity index (χ0v) is 13.4. The molecule has 0 bridgehead atoms. The van der Waals surface area contributed by atoms with Gasteiger partial charge >= 0.3 is 8.56 Å². The highest BCUT2D eigenvalue weighted by Crippen LogP contribution is 2.28. The maximum atomic E-state index is 6.22. The summed E-state index contributed by atoms with van der Waals surface area (Å²) < 4.78 is 12.4. The molecule has 0 N–H and O–H groups in total. The van der Waals surface area contributed by atoms with Crippen LogP contribution < -0.4 is 0 Å². The van der Waals surface area contributed by atoms with Crippen molar-refractivity contribution in [2.24, 2.45) is 0 Å². The van der Waals surface area contributed by atoms with Gasteiger partial charge in [0.1, 0.15) is 0 Å². The predicted octanol–water partition coefficient (Wildman–Crippen LogP) is 4.49. The summed E-state index contributed by atoms with van der Waals surface area (Å²) >= 11 is 0. The molecule has 98 valence electrons. The SMILES string of the molecule is CCCC[Si](C)(OC(C)(C)C)OC(C)(C)C. The molecular weight excluding hydrogens is 216 g/mol. The minimum absolute atomic E-state index is 0.111. The minimum Gasteiger partial charge on any atom is -0.389 e. The van der Waals surface area contributed by atoms with E-state index in [0.717, 1.165) is 6.04 Å². The summed E-state index contributed by atoms with van der Waals surface area (Å²) in [5.74, 6) is 0. The molecule has 0 fully saturated rings. The minimum atomic E-state index is -2.04. The second kappa shape index (κ2) is 5.65. The highest BCUT2D eigenvalue weighted by atomic mass is 28.4. The van der Waals surface area contributed by atoms with Crippen LogP contribution in [0.5, 0.6) is 0 Å². The first-order valence-electron chi connectivity index (χ1n) is 6.38. The van der Waals surface area contributed by atoms with Crippen molar-refractivity contribution in [3.8, 4) is 0 Å². The monoisotopic (exact) mass is 246 g/mol. The van der Waals surface area contributed by atoms with Gasteiger partial charge in [-0.15, -0.1) is 0 Å². The smallest absolute Gasteiger partial charge is 0.335 e. The lowest BCUT2D eigenvalue weighted by Crippen LogP contribution is -2.49. The van der Waals surface area contributed by atoms with Gasteiger partial charge in [-0.3, -0.25) is 0 Å². The van der Waals surface area contributed by atoms with Gasteiger partial charge in [0.25, 0.3) is 0 Å². The normalized spacial score (nSPS) is 14.2. The second-order valence-corrected chi connectivity index (χ2v) is 9.84. The highest BCUT2D eigenvalue weighted by Gasteiger charge is 2.38. The quantitative estimate of drug-likeness (QED) is 0.666. The molecular formula is C13H30O2Si. The van der Waals surface area contributed by atoms with E-state index in [0.29, 0.717) is 0 Å². The molecule has 3 heteroatoms. The van der Waals surface area contributed by atoms with Gasteiger partial charge < -0.3 is 8.85 Å². The van der Waals surface area contributed by atoms with Crippen LogP contribution in [0.1, 0.15) is 61.3 Å². The highest BCUT2D eigenvalue weighted by molar-refractivity contribution is 6.66. The van der Waals surface area contributed by atoms with Crippen molar-refractivity contribution in [2.75, 3.05) is 0 Å². The zero-order valence-electron chi connectivity index (χ0n) is 12.4. The fourth-order valence-electron chi connectivity index (χ4n) is 1.92. The van der Waals surface area contributed by atoms with Crippen molar-refractivity contribution >= 4 is 8.56 Å². The molecule has 0 aliphatic heterocycles. The zero-order chi connectivity index (χ0) is 13.0. The average molecular weight is 246 g/mol. The Labute approximate surface area is 103 Å². The molecule has 0 aromatic carbocycles. The Hall–Kier alpha value is 0.137. The van der Waals surface area contributed by atoms with Crippen LogP contribution in [0.2, 0.25) is 12.6 Å². The summed E-state index contributed by atoms with van der Waals surface area (Å²) in [5.41, 5.74) is -0.222. The summed E-state index contributed by atoms with van der Waals surface area (Å²) in [6.45, 7) is 17.0. The van der Waals surface area contributed by atoms with Crippen LogP contribution in [0.25, 0.3) is 0 Å². The Bertz CT molecular complexity index is 185. The Morgan fingerprint density at radius 3 is 1.50 bits per heavy atom. The standard InChI is InChI=1S/C13H30O2Si/c1-9-10-11-16(8,14-12(2,3)4)15-13(5,6)7/h9-11H2,1-8H3. The lowest BCUT2D eigenvalue weighted by molar-refractivity contribution is 0.0173. The van der Waals surface area contributed by atoms with Gasteiger partial charge in [-0.2, -0.15) is 0 Å². The topological polar surface area (TPSA) is 18.5 Å². The molecule has 0 spiro atoms. The van der Waals surface area contributed by atoms with Gasteiger partial charge in [0.05, 0.1) is 11.2 Å². The molecule has 0 saturated heterocycles. The summed E-state index contributed by atoms with van der Waals surface area (Å²) in [5, 5.41) is 0. The van der Waals surface area contributed by atoms with E-state index in [1.165, 1.54) is 12.8 Å². The van der Waals surface area contributed by atoms with Gasteiger partial charge in [0, 0.05) is 0 Å². The largest absolute Gasteiger partial charge is 0.389 e. The summed E-state index contributed by atoms with van der Waals surface area (Å²) in [6, 6.07) is 1.08. The van der Waals surface area contributed by atoms with Crippen LogP contribution >= 0.6 is 0 Å². The first-order chi connectivity index (χ1) is 6.97. The maximum Gasteiger partial charge on any atom is 0.335 e. The van der Waals surface area contributed by atoms with Crippen molar-refractivity contribution in [1.29, 1.82) is 0 Å². The van der Waals surface area contributed by atoms with E-state index >= 15 is 0 Å². The molecule has 16 heavy (non-hydrogen) atoms. The number of hydrogen-bond acceptors (Lipinski definition) is 2. The number of unbranched alkanes of at least 4 members (excludes halogenated alkanes) is 1. The van der Waals surface area contributed by atoms with Crippen LogP contribution in [-0.4, -0.2) is 19.8 Å². The molecule has 0 aliphatic carbocycles. The molecule has 0 rings (SSSR count). The molecule has 2 nitrogen and oxygen atoms in total. The van der Waals surface area contributed by atoms with E-state index in [-0.39, 0.29) is 11.2 Å². The predicted molar refractivity (Wildman–Crippen MR) is 73.0 cm³/mol. The average Bonchev–Trinajstić information content (AvgIpc) is 1.93.